The maximum Gasteiger partial charge on any atom is 0.244 e. The van der Waals surface area contributed by atoms with Gasteiger partial charge in [-0.3, -0.25) is 9.69 Å². The van der Waals surface area contributed by atoms with Crippen molar-refractivity contribution in [2.45, 2.75) is 62.7 Å². The molecular weight excluding hydrogens is 304 g/mol. The number of rotatable bonds is 5. The molecule has 5 nitrogen and oxygen atoms in total. The Balaban J connectivity index is 1.59. The molecule has 2 fully saturated rings. The number of aliphatic hydroxyl groups excluding tert-OH is 1. The van der Waals surface area contributed by atoms with Crippen LogP contribution >= 0.6 is 0 Å². The van der Waals surface area contributed by atoms with E-state index in [1.165, 1.54) is 0 Å². The Morgan fingerprint density at radius 2 is 1.83 bits per heavy atom. The van der Waals surface area contributed by atoms with E-state index in [1.54, 1.807) is 0 Å². The lowest BCUT2D eigenvalue weighted by Crippen LogP contribution is -2.58. The zero-order valence-electron chi connectivity index (χ0n) is 14.6. The van der Waals surface area contributed by atoms with Crippen molar-refractivity contribution in [1.29, 1.82) is 0 Å². The van der Waals surface area contributed by atoms with E-state index in [4.69, 9.17) is 4.74 Å². The molecule has 0 aliphatic heterocycles. The standard InChI is InChI=1S/C19H28N2O3/c1-21(2)19(12-5-13-19)18(23)20-14-8-10-15(11-9-14)24-17-7-4-3-6-16(17)22/h8-11,16-17,22H,3-7,12-13H2,1-2H3,(H,20,23). The number of amides is 1. The minimum Gasteiger partial charge on any atom is -0.488 e. The number of carbonyl (C=O) groups is 1. The fourth-order valence-corrected chi connectivity index (χ4v) is 3.64. The van der Waals surface area contributed by atoms with Gasteiger partial charge in [0, 0.05) is 5.69 Å². The Morgan fingerprint density at radius 1 is 1.17 bits per heavy atom. The number of carbonyl (C=O) groups excluding carboxylic acids is 1. The molecule has 2 aliphatic carbocycles. The van der Waals surface area contributed by atoms with Gasteiger partial charge in [0.2, 0.25) is 5.91 Å². The molecule has 3 rings (SSSR count). The van der Waals surface area contributed by atoms with Crippen LogP contribution < -0.4 is 10.1 Å². The first kappa shape index (κ1) is 17.2. The van der Waals surface area contributed by atoms with E-state index < -0.39 is 0 Å². The molecule has 0 aromatic heterocycles. The van der Waals surface area contributed by atoms with Crippen LogP contribution in [0.1, 0.15) is 44.9 Å². The normalized spacial score (nSPS) is 25.8. The van der Waals surface area contributed by atoms with Crippen molar-refractivity contribution in [2.75, 3.05) is 19.4 Å². The van der Waals surface area contributed by atoms with Crippen LogP contribution in [0.4, 0.5) is 5.69 Å². The third kappa shape index (κ3) is 3.42. The molecule has 2 unspecified atom stereocenters. The molecule has 0 heterocycles. The summed E-state index contributed by atoms with van der Waals surface area (Å²) >= 11 is 0. The summed E-state index contributed by atoms with van der Waals surface area (Å²) in [7, 11) is 3.93. The van der Waals surface area contributed by atoms with Crippen LogP contribution in [0, 0.1) is 0 Å². The molecule has 132 valence electrons. The lowest BCUT2D eigenvalue weighted by atomic mass is 9.75. The largest absolute Gasteiger partial charge is 0.488 e. The SMILES string of the molecule is CN(C)C1(C(=O)Nc2ccc(OC3CCCCC3O)cc2)CCC1. The first-order valence-corrected chi connectivity index (χ1v) is 8.95. The number of likely N-dealkylation sites (N-methyl/N-ethyl adjacent to an activating group) is 1. The molecule has 2 N–H and O–H groups in total. The van der Waals surface area contributed by atoms with Crippen molar-refractivity contribution < 1.29 is 14.6 Å². The average molecular weight is 332 g/mol. The van der Waals surface area contributed by atoms with Gasteiger partial charge in [0.15, 0.2) is 0 Å². The Morgan fingerprint density at radius 3 is 2.38 bits per heavy atom. The van der Waals surface area contributed by atoms with Crippen LogP contribution in [0.25, 0.3) is 0 Å². The zero-order chi connectivity index (χ0) is 17.2. The summed E-state index contributed by atoms with van der Waals surface area (Å²) in [5, 5.41) is 13.0. The van der Waals surface area contributed by atoms with Gasteiger partial charge in [0.1, 0.15) is 17.4 Å². The Labute approximate surface area is 144 Å². The van der Waals surface area contributed by atoms with Gasteiger partial charge in [-0.15, -0.1) is 0 Å². The molecule has 0 bridgehead atoms. The van der Waals surface area contributed by atoms with Crippen molar-refractivity contribution in [3.63, 3.8) is 0 Å². The van der Waals surface area contributed by atoms with Gasteiger partial charge in [-0.1, -0.05) is 6.42 Å². The third-order valence-corrected chi connectivity index (χ3v) is 5.53. The summed E-state index contributed by atoms with van der Waals surface area (Å²) in [6, 6.07) is 7.45. The molecule has 2 saturated carbocycles. The minimum absolute atomic E-state index is 0.0649. The Hall–Kier alpha value is -1.59. The maximum atomic E-state index is 12.6. The molecule has 2 aliphatic rings. The number of benzene rings is 1. The second kappa shape index (κ2) is 7.11. The van der Waals surface area contributed by atoms with E-state index in [1.807, 2.05) is 43.3 Å². The highest BCUT2D eigenvalue weighted by molar-refractivity contribution is 5.98. The topological polar surface area (TPSA) is 61.8 Å². The predicted octanol–water partition coefficient (Wildman–Crippen LogP) is 2.79. The maximum absolute atomic E-state index is 12.6. The molecule has 24 heavy (non-hydrogen) atoms. The predicted molar refractivity (Wildman–Crippen MR) is 94.2 cm³/mol. The first-order valence-electron chi connectivity index (χ1n) is 8.95. The zero-order valence-corrected chi connectivity index (χ0v) is 14.6. The summed E-state index contributed by atoms with van der Waals surface area (Å²) in [6.07, 6.45) is 6.29. The molecule has 1 aromatic carbocycles. The summed E-state index contributed by atoms with van der Waals surface area (Å²) < 4.78 is 5.89. The van der Waals surface area contributed by atoms with Crippen LogP contribution in [0.5, 0.6) is 5.75 Å². The molecule has 0 saturated heterocycles. The van der Waals surface area contributed by atoms with Gasteiger partial charge in [-0.2, -0.15) is 0 Å². The third-order valence-electron chi connectivity index (χ3n) is 5.53. The molecule has 0 radical (unpaired) electrons. The summed E-state index contributed by atoms with van der Waals surface area (Å²) in [6.45, 7) is 0. The fourth-order valence-electron chi connectivity index (χ4n) is 3.64. The highest BCUT2D eigenvalue weighted by atomic mass is 16.5. The van der Waals surface area contributed by atoms with E-state index >= 15 is 0 Å². The smallest absolute Gasteiger partial charge is 0.244 e. The number of ether oxygens (including phenoxy) is 1. The molecular formula is C19H28N2O3. The van der Waals surface area contributed by atoms with Gasteiger partial charge in [-0.05, 0) is 76.9 Å². The van der Waals surface area contributed by atoms with E-state index in [-0.39, 0.29) is 23.7 Å². The number of hydrogen-bond donors (Lipinski definition) is 2. The molecule has 2 atom stereocenters. The fraction of sp³-hybridized carbons (Fsp3) is 0.632. The number of nitrogens with zero attached hydrogens (tertiary/aromatic N) is 1. The highest BCUT2D eigenvalue weighted by Gasteiger charge is 2.46. The number of aliphatic hydroxyl groups is 1. The van der Waals surface area contributed by atoms with Crippen molar-refractivity contribution in [3.05, 3.63) is 24.3 Å². The van der Waals surface area contributed by atoms with Crippen molar-refractivity contribution in [1.82, 2.24) is 4.90 Å². The van der Waals surface area contributed by atoms with E-state index in [2.05, 4.69) is 5.32 Å². The average Bonchev–Trinajstić information content (AvgIpc) is 2.50. The summed E-state index contributed by atoms with van der Waals surface area (Å²) in [4.78, 5) is 14.6. The van der Waals surface area contributed by atoms with Crippen LogP contribution in [0.3, 0.4) is 0 Å². The minimum atomic E-state index is -0.378. The molecule has 1 aromatic rings. The van der Waals surface area contributed by atoms with E-state index in [0.717, 1.165) is 56.4 Å². The van der Waals surface area contributed by atoms with Crippen LogP contribution in [0.15, 0.2) is 24.3 Å². The van der Waals surface area contributed by atoms with Gasteiger partial charge < -0.3 is 15.2 Å². The van der Waals surface area contributed by atoms with Crippen molar-refractivity contribution in [2.24, 2.45) is 0 Å². The van der Waals surface area contributed by atoms with Gasteiger partial charge >= 0.3 is 0 Å². The Kier molecular flexibility index (Phi) is 5.11. The van der Waals surface area contributed by atoms with E-state index in [9.17, 15) is 9.90 Å². The lowest BCUT2D eigenvalue weighted by molar-refractivity contribution is -0.131. The molecule has 5 heteroatoms. The van der Waals surface area contributed by atoms with Crippen molar-refractivity contribution >= 4 is 11.6 Å². The summed E-state index contributed by atoms with van der Waals surface area (Å²) in [5.41, 5.74) is 0.422. The quantitative estimate of drug-likeness (QED) is 0.870. The Bertz CT molecular complexity index is 566. The van der Waals surface area contributed by atoms with Gasteiger partial charge in [-0.25, -0.2) is 0 Å². The number of nitrogens with one attached hydrogen (secondary N) is 1. The van der Waals surface area contributed by atoms with E-state index in [0.29, 0.717) is 0 Å². The van der Waals surface area contributed by atoms with Crippen LogP contribution in [0.2, 0.25) is 0 Å². The van der Waals surface area contributed by atoms with Gasteiger partial charge in [0.25, 0.3) is 0 Å². The molecule has 0 spiro atoms. The number of anilines is 1. The monoisotopic (exact) mass is 332 g/mol. The lowest BCUT2D eigenvalue weighted by Gasteiger charge is -2.45. The van der Waals surface area contributed by atoms with Crippen LogP contribution in [-0.4, -0.2) is 47.8 Å². The number of hydrogen-bond acceptors (Lipinski definition) is 4. The molecule has 1 amide bonds. The summed E-state index contributed by atoms with van der Waals surface area (Å²) in [5.74, 6) is 0.806. The van der Waals surface area contributed by atoms with Crippen LogP contribution in [-0.2, 0) is 4.79 Å². The van der Waals surface area contributed by atoms with Crippen molar-refractivity contribution in [3.8, 4) is 5.75 Å². The van der Waals surface area contributed by atoms with Gasteiger partial charge in [0.05, 0.1) is 6.10 Å². The second-order valence-electron chi connectivity index (χ2n) is 7.27. The second-order valence-corrected chi connectivity index (χ2v) is 7.27. The first-order chi connectivity index (χ1) is 11.5. The highest BCUT2D eigenvalue weighted by Crippen LogP contribution is 2.37.